The fraction of sp³-hybridized carbons (Fsp3) is 0.381. The van der Waals surface area contributed by atoms with Crippen LogP contribution in [0.4, 0.5) is 10.1 Å². The molecule has 2 aromatic rings. The summed E-state index contributed by atoms with van der Waals surface area (Å²) in [4.78, 5) is 12.7. The molecule has 1 N–H and O–H groups in total. The first-order valence-electron chi connectivity index (χ1n) is 10.0. The van der Waals surface area contributed by atoms with Crippen LogP contribution in [0.15, 0.2) is 42.5 Å². The van der Waals surface area contributed by atoms with Crippen molar-refractivity contribution in [1.29, 1.82) is 0 Å². The predicted molar refractivity (Wildman–Crippen MR) is 112 cm³/mol. The van der Waals surface area contributed by atoms with Crippen LogP contribution >= 0.6 is 0 Å². The van der Waals surface area contributed by atoms with Gasteiger partial charge in [0.1, 0.15) is 5.82 Å². The molecule has 2 aromatic carbocycles. The minimum Gasteiger partial charge on any atom is -0.454 e. The molecule has 1 amide bonds. The van der Waals surface area contributed by atoms with E-state index in [4.69, 9.17) is 9.47 Å². The molecule has 0 aliphatic carbocycles. The summed E-state index contributed by atoms with van der Waals surface area (Å²) in [6.45, 7) is 0.929. The number of rotatable bonds is 6. The van der Waals surface area contributed by atoms with Crippen molar-refractivity contribution in [1.82, 2.24) is 9.62 Å². The van der Waals surface area contributed by atoms with Gasteiger partial charge in [0.05, 0.1) is 11.6 Å². The van der Waals surface area contributed by atoms with E-state index in [0.717, 1.165) is 9.87 Å². The summed E-state index contributed by atoms with van der Waals surface area (Å²) in [5.74, 6) is 0.242. The van der Waals surface area contributed by atoms with Gasteiger partial charge in [-0.3, -0.25) is 9.10 Å². The summed E-state index contributed by atoms with van der Waals surface area (Å²) in [6.07, 6.45) is 1.19. The summed E-state index contributed by atoms with van der Waals surface area (Å²) >= 11 is 0. The van der Waals surface area contributed by atoms with Gasteiger partial charge in [-0.15, -0.1) is 0 Å². The molecule has 10 heteroatoms. The van der Waals surface area contributed by atoms with E-state index in [0.29, 0.717) is 43.1 Å². The van der Waals surface area contributed by atoms with Gasteiger partial charge in [-0.2, -0.15) is 12.7 Å². The van der Waals surface area contributed by atoms with Crippen molar-refractivity contribution in [2.24, 2.45) is 5.92 Å². The Balaban J connectivity index is 1.38. The molecule has 1 fully saturated rings. The molecular formula is C21H24FN3O5S. The van der Waals surface area contributed by atoms with Gasteiger partial charge >= 0.3 is 10.2 Å². The van der Waals surface area contributed by atoms with Crippen molar-refractivity contribution < 1.29 is 27.1 Å². The first-order chi connectivity index (χ1) is 14.8. The van der Waals surface area contributed by atoms with E-state index in [1.807, 2.05) is 12.1 Å². The van der Waals surface area contributed by atoms with Crippen molar-refractivity contribution in [2.75, 3.05) is 31.2 Å². The van der Waals surface area contributed by atoms with Crippen LogP contribution in [-0.4, -0.2) is 45.6 Å². The molecule has 1 saturated heterocycles. The largest absolute Gasteiger partial charge is 0.454 e. The maximum absolute atomic E-state index is 13.2. The first-order valence-corrected chi connectivity index (χ1v) is 11.4. The monoisotopic (exact) mass is 449 g/mol. The van der Waals surface area contributed by atoms with Gasteiger partial charge in [0.15, 0.2) is 11.5 Å². The minimum atomic E-state index is -3.83. The third-order valence-corrected chi connectivity index (χ3v) is 7.41. The number of halogens is 1. The Bertz CT molecular complexity index is 1060. The number of carbonyl (C=O) groups is 1. The number of fused-ring (bicyclic) bond motifs is 1. The highest BCUT2D eigenvalue weighted by atomic mass is 32.2. The van der Waals surface area contributed by atoms with Crippen LogP contribution in [0.2, 0.25) is 0 Å². The SMILES string of the molecule is CN(c1ccc(F)cc1)S(=O)(=O)N1CCC[C@H](C(=O)NCc2ccc3c(c2)OCO3)C1. The summed E-state index contributed by atoms with van der Waals surface area (Å²) in [7, 11) is -2.41. The minimum absolute atomic E-state index is 0.0981. The van der Waals surface area contributed by atoms with Crippen molar-refractivity contribution in [3.8, 4) is 11.5 Å². The Labute approximate surface area is 180 Å². The average molecular weight is 450 g/mol. The molecule has 1 atom stereocenters. The lowest BCUT2D eigenvalue weighted by Crippen LogP contribution is -2.49. The number of benzene rings is 2. The van der Waals surface area contributed by atoms with Gasteiger partial charge in [-0.1, -0.05) is 6.07 Å². The fourth-order valence-electron chi connectivity index (χ4n) is 3.71. The Morgan fingerprint density at radius 3 is 2.71 bits per heavy atom. The fourth-order valence-corrected chi connectivity index (χ4v) is 5.17. The Morgan fingerprint density at radius 2 is 1.94 bits per heavy atom. The molecule has 2 heterocycles. The number of anilines is 1. The summed E-state index contributed by atoms with van der Waals surface area (Å²) < 4.78 is 52.3. The Hall–Kier alpha value is -2.85. The molecule has 0 aromatic heterocycles. The number of hydrogen-bond donors (Lipinski definition) is 1. The molecule has 4 rings (SSSR count). The quantitative estimate of drug-likeness (QED) is 0.731. The van der Waals surface area contributed by atoms with E-state index in [2.05, 4.69) is 5.32 Å². The second kappa shape index (κ2) is 8.72. The third-order valence-electron chi connectivity index (χ3n) is 5.52. The highest BCUT2D eigenvalue weighted by Crippen LogP contribution is 2.32. The van der Waals surface area contributed by atoms with Gasteiger partial charge < -0.3 is 14.8 Å². The molecule has 0 spiro atoms. The average Bonchev–Trinajstić information content (AvgIpc) is 3.25. The second-order valence-electron chi connectivity index (χ2n) is 7.55. The van der Waals surface area contributed by atoms with E-state index in [1.54, 1.807) is 6.07 Å². The van der Waals surface area contributed by atoms with Crippen LogP contribution < -0.4 is 19.1 Å². The molecule has 2 aliphatic rings. The molecule has 166 valence electrons. The van der Waals surface area contributed by atoms with Gasteiger partial charge in [0, 0.05) is 26.7 Å². The first kappa shape index (κ1) is 21.4. The van der Waals surface area contributed by atoms with Crippen LogP contribution in [0.1, 0.15) is 18.4 Å². The lowest BCUT2D eigenvalue weighted by molar-refractivity contribution is -0.126. The van der Waals surface area contributed by atoms with E-state index in [9.17, 15) is 17.6 Å². The van der Waals surface area contributed by atoms with Gasteiger partial charge in [0.25, 0.3) is 0 Å². The van der Waals surface area contributed by atoms with Crippen LogP contribution in [-0.2, 0) is 21.5 Å². The summed E-state index contributed by atoms with van der Waals surface area (Å²) in [6, 6.07) is 10.7. The number of nitrogens with zero attached hydrogens (tertiary/aromatic N) is 2. The lowest BCUT2D eigenvalue weighted by atomic mass is 9.98. The molecule has 0 saturated carbocycles. The molecular weight excluding hydrogens is 425 g/mol. The van der Waals surface area contributed by atoms with Crippen LogP contribution in [0.3, 0.4) is 0 Å². The zero-order valence-electron chi connectivity index (χ0n) is 17.1. The molecule has 31 heavy (non-hydrogen) atoms. The van der Waals surface area contributed by atoms with E-state index >= 15 is 0 Å². The van der Waals surface area contributed by atoms with Gasteiger partial charge in [-0.25, -0.2) is 4.39 Å². The maximum atomic E-state index is 13.2. The Kier molecular flexibility index (Phi) is 6.01. The smallest absolute Gasteiger partial charge is 0.303 e. The van der Waals surface area contributed by atoms with Gasteiger partial charge in [0.2, 0.25) is 12.7 Å². The van der Waals surface area contributed by atoms with E-state index < -0.39 is 21.9 Å². The zero-order valence-corrected chi connectivity index (χ0v) is 17.9. The third kappa shape index (κ3) is 4.59. The molecule has 2 aliphatic heterocycles. The number of ether oxygens (including phenoxy) is 2. The number of amides is 1. The molecule has 0 radical (unpaired) electrons. The number of carbonyl (C=O) groups excluding carboxylic acids is 1. The van der Waals surface area contributed by atoms with Crippen LogP contribution in [0.25, 0.3) is 0 Å². The molecule has 0 bridgehead atoms. The number of hydrogen-bond acceptors (Lipinski definition) is 5. The zero-order chi connectivity index (χ0) is 22.0. The molecule has 0 unspecified atom stereocenters. The van der Waals surface area contributed by atoms with Crippen molar-refractivity contribution in [3.05, 3.63) is 53.8 Å². The van der Waals surface area contributed by atoms with Crippen LogP contribution in [0.5, 0.6) is 11.5 Å². The van der Waals surface area contributed by atoms with E-state index in [1.165, 1.54) is 35.6 Å². The van der Waals surface area contributed by atoms with Crippen molar-refractivity contribution >= 4 is 21.8 Å². The standard InChI is InChI=1S/C21H24FN3O5S/c1-24(18-7-5-17(22)6-8-18)31(27,28)25-10-2-3-16(13-25)21(26)23-12-15-4-9-19-20(11-15)30-14-29-19/h4-9,11,16H,2-3,10,12-14H2,1H3,(H,23,26)/t16-/m0/s1. The highest BCUT2D eigenvalue weighted by Gasteiger charge is 2.34. The van der Waals surface area contributed by atoms with Crippen molar-refractivity contribution in [3.63, 3.8) is 0 Å². The second-order valence-corrected chi connectivity index (χ2v) is 9.51. The maximum Gasteiger partial charge on any atom is 0.303 e. The number of piperidine rings is 1. The van der Waals surface area contributed by atoms with Crippen LogP contribution in [0, 0.1) is 11.7 Å². The van der Waals surface area contributed by atoms with Crippen molar-refractivity contribution in [2.45, 2.75) is 19.4 Å². The summed E-state index contributed by atoms with van der Waals surface area (Å²) in [5.41, 5.74) is 1.23. The predicted octanol–water partition coefficient (Wildman–Crippen LogP) is 2.26. The Morgan fingerprint density at radius 1 is 1.19 bits per heavy atom. The van der Waals surface area contributed by atoms with E-state index in [-0.39, 0.29) is 19.2 Å². The summed E-state index contributed by atoms with van der Waals surface area (Å²) in [5, 5.41) is 2.89. The topological polar surface area (TPSA) is 88.2 Å². The normalized spacial score (nSPS) is 18.6. The van der Waals surface area contributed by atoms with Gasteiger partial charge in [-0.05, 0) is 54.8 Å². The highest BCUT2D eigenvalue weighted by molar-refractivity contribution is 7.90. The molecule has 8 nitrogen and oxygen atoms in total. The number of nitrogens with one attached hydrogen (secondary N) is 1. The lowest BCUT2D eigenvalue weighted by Gasteiger charge is -2.34.